The molecule has 4 heteroatoms. The Balaban J connectivity index is 1.87. The van der Waals surface area contributed by atoms with E-state index >= 15 is 0 Å². The van der Waals surface area contributed by atoms with Crippen molar-refractivity contribution in [2.45, 2.75) is 38.0 Å². The normalized spacial score (nSPS) is 23.2. The number of halogens is 1. The van der Waals surface area contributed by atoms with Gasteiger partial charge in [-0.05, 0) is 24.9 Å². The lowest BCUT2D eigenvalue weighted by Gasteiger charge is -2.32. The Labute approximate surface area is 122 Å². The molecule has 104 valence electrons. The first-order valence-electron chi connectivity index (χ1n) is 6.76. The average Bonchev–Trinajstić information content (AvgIpc) is 2.47. The second-order valence-corrected chi connectivity index (χ2v) is 5.48. The molecule has 3 nitrogen and oxygen atoms in total. The second-order valence-electron chi connectivity index (χ2n) is 4.91. The lowest BCUT2D eigenvalue weighted by Crippen LogP contribution is -2.47. The van der Waals surface area contributed by atoms with Gasteiger partial charge in [-0.2, -0.15) is 0 Å². The van der Waals surface area contributed by atoms with Gasteiger partial charge in [0, 0.05) is 12.5 Å². The van der Waals surface area contributed by atoms with E-state index in [1.807, 2.05) is 18.2 Å². The predicted octanol–water partition coefficient (Wildman–Crippen LogP) is 2.68. The number of piperidine rings is 1. The first-order chi connectivity index (χ1) is 9.29. The van der Waals surface area contributed by atoms with Crippen molar-refractivity contribution in [3.8, 4) is 0 Å². The Kier molecular flexibility index (Phi) is 6.01. The van der Waals surface area contributed by atoms with Gasteiger partial charge in [-0.25, -0.2) is 0 Å². The van der Waals surface area contributed by atoms with Crippen LogP contribution in [0.1, 0.15) is 24.8 Å². The number of hydrogen-bond acceptors (Lipinski definition) is 3. The smallest absolute Gasteiger partial charge is 0.145 e. The quantitative estimate of drug-likeness (QED) is 0.817. The summed E-state index contributed by atoms with van der Waals surface area (Å²) in [6, 6.07) is 10.3. The van der Waals surface area contributed by atoms with E-state index < -0.39 is 0 Å². The molecule has 0 aliphatic carbocycles. The van der Waals surface area contributed by atoms with Crippen molar-refractivity contribution in [3.05, 3.63) is 35.9 Å². The number of alkyl halides is 1. The Morgan fingerprint density at radius 3 is 2.89 bits per heavy atom. The van der Waals surface area contributed by atoms with Crippen LogP contribution < -0.4 is 5.32 Å². The maximum absolute atomic E-state index is 11.6. The van der Waals surface area contributed by atoms with Gasteiger partial charge in [-0.3, -0.25) is 4.79 Å². The summed E-state index contributed by atoms with van der Waals surface area (Å²) < 4.78 is 6.00. The topological polar surface area (TPSA) is 38.3 Å². The van der Waals surface area contributed by atoms with Crippen LogP contribution in [0.3, 0.4) is 0 Å². The van der Waals surface area contributed by atoms with E-state index in [0.717, 1.165) is 19.4 Å². The van der Waals surface area contributed by atoms with E-state index in [-0.39, 0.29) is 17.9 Å². The van der Waals surface area contributed by atoms with Crippen molar-refractivity contribution >= 4 is 21.7 Å². The lowest BCUT2D eigenvalue weighted by atomic mass is 9.97. The van der Waals surface area contributed by atoms with Gasteiger partial charge >= 0.3 is 0 Å². The van der Waals surface area contributed by atoms with Crippen molar-refractivity contribution < 1.29 is 9.53 Å². The van der Waals surface area contributed by atoms with Crippen LogP contribution in [0, 0.1) is 0 Å². The van der Waals surface area contributed by atoms with E-state index in [9.17, 15) is 4.79 Å². The summed E-state index contributed by atoms with van der Waals surface area (Å²) in [6.45, 7) is 1.59. The largest absolute Gasteiger partial charge is 0.372 e. The highest BCUT2D eigenvalue weighted by Gasteiger charge is 2.27. The third kappa shape index (κ3) is 4.71. The van der Waals surface area contributed by atoms with Gasteiger partial charge in [-0.1, -0.05) is 46.3 Å². The molecule has 1 fully saturated rings. The third-order valence-electron chi connectivity index (χ3n) is 3.42. The third-order valence-corrected chi connectivity index (χ3v) is 4.05. The second kappa shape index (κ2) is 7.78. The van der Waals surface area contributed by atoms with Crippen LogP contribution >= 0.6 is 15.9 Å². The zero-order valence-electron chi connectivity index (χ0n) is 11.0. The summed E-state index contributed by atoms with van der Waals surface area (Å²) in [5.41, 5.74) is 1.18. The first kappa shape index (κ1) is 14.7. The molecule has 0 radical (unpaired) electrons. The fourth-order valence-corrected chi connectivity index (χ4v) is 2.63. The molecule has 1 heterocycles. The summed E-state index contributed by atoms with van der Waals surface area (Å²) >= 11 is 3.22. The van der Waals surface area contributed by atoms with Crippen LogP contribution in [-0.4, -0.2) is 29.8 Å². The standard InChI is InChI=1S/C15H20BrNO2/c16-10-13(18)9-14-15(7-4-8-17-14)19-11-12-5-2-1-3-6-12/h1-3,5-6,14-15,17H,4,7-11H2/t14-,15+/m1/s1. The minimum Gasteiger partial charge on any atom is -0.372 e. The highest BCUT2D eigenvalue weighted by atomic mass is 79.9. The number of rotatable bonds is 6. The molecule has 1 aliphatic heterocycles. The zero-order chi connectivity index (χ0) is 13.5. The minimum absolute atomic E-state index is 0.136. The number of benzene rings is 1. The zero-order valence-corrected chi connectivity index (χ0v) is 12.6. The molecular formula is C15H20BrNO2. The van der Waals surface area contributed by atoms with E-state index in [2.05, 4.69) is 33.4 Å². The Hall–Kier alpha value is -0.710. The molecule has 2 rings (SSSR count). The van der Waals surface area contributed by atoms with Gasteiger partial charge in [0.2, 0.25) is 0 Å². The maximum atomic E-state index is 11.6. The van der Waals surface area contributed by atoms with E-state index in [1.165, 1.54) is 5.56 Å². The summed E-state index contributed by atoms with van der Waals surface area (Å²) in [5, 5.41) is 3.83. The highest BCUT2D eigenvalue weighted by Crippen LogP contribution is 2.17. The molecule has 0 spiro atoms. The summed E-state index contributed by atoms with van der Waals surface area (Å²) in [4.78, 5) is 11.6. The van der Waals surface area contributed by atoms with Gasteiger partial charge < -0.3 is 10.1 Å². The van der Waals surface area contributed by atoms with E-state index in [0.29, 0.717) is 18.4 Å². The molecule has 0 bridgehead atoms. The fraction of sp³-hybridized carbons (Fsp3) is 0.533. The first-order valence-corrected chi connectivity index (χ1v) is 7.88. The summed E-state index contributed by atoms with van der Waals surface area (Å²) in [5.74, 6) is 0.229. The van der Waals surface area contributed by atoms with Crippen LogP contribution in [0.4, 0.5) is 0 Å². The van der Waals surface area contributed by atoms with Gasteiger partial charge in [-0.15, -0.1) is 0 Å². The van der Waals surface area contributed by atoms with E-state index in [1.54, 1.807) is 0 Å². The van der Waals surface area contributed by atoms with Crippen molar-refractivity contribution in [3.63, 3.8) is 0 Å². The molecule has 0 aromatic heterocycles. The summed E-state index contributed by atoms with van der Waals surface area (Å²) in [7, 11) is 0. The van der Waals surface area contributed by atoms with Crippen molar-refractivity contribution in [1.29, 1.82) is 0 Å². The maximum Gasteiger partial charge on any atom is 0.145 e. The van der Waals surface area contributed by atoms with Gasteiger partial charge in [0.1, 0.15) is 5.78 Å². The number of ketones is 1. The lowest BCUT2D eigenvalue weighted by molar-refractivity contribution is -0.118. The van der Waals surface area contributed by atoms with Crippen molar-refractivity contribution in [2.24, 2.45) is 0 Å². The monoisotopic (exact) mass is 325 g/mol. The number of carbonyl (C=O) groups is 1. The van der Waals surface area contributed by atoms with E-state index in [4.69, 9.17) is 4.74 Å². The number of nitrogens with one attached hydrogen (secondary N) is 1. The molecule has 1 aromatic rings. The molecule has 2 atom stereocenters. The number of hydrogen-bond donors (Lipinski definition) is 1. The minimum atomic E-state index is 0.136. The SMILES string of the molecule is O=C(CBr)C[C@H]1NCCC[C@@H]1OCc1ccccc1. The fourth-order valence-electron chi connectivity index (χ4n) is 2.40. The number of Topliss-reactive ketones (excluding diaryl/α,β-unsaturated/α-hetero) is 1. The Morgan fingerprint density at radius 2 is 2.16 bits per heavy atom. The molecule has 0 unspecified atom stereocenters. The van der Waals surface area contributed by atoms with Crippen LogP contribution in [0.15, 0.2) is 30.3 Å². The van der Waals surface area contributed by atoms with Crippen LogP contribution in [-0.2, 0) is 16.1 Å². The highest BCUT2D eigenvalue weighted by molar-refractivity contribution is 9.09. The predicted molar refractivity (Wildman–Crippen MR) is 79.5 cm³/mol. The number of ether oxygens (including phenoxy) is 1. The number of carbonyl (C=O) groups excluding carboxylic acids is 1. The molecule has 0 amide bonds. The Bertz CT molecular complexity index is 396. The molecule has 1 aliphatic rings. The van der Waals surface area contributed by atoms with Crippen molar-refractivity contribution in [2.75, 3.05) is 11.9 Å². The van der Waals surface area contributed by atoms with Gasteiger partial charge in [0.15, 0.2) is 0 Å². The molecule has 1 aromatic carbocycles. The molecule has 19 heavy (non-hydrogen) atoms. The van der Waals surface area contributed by atoms with Gasteiger partial charge in [0.25, 0.3) is 0 Å². The molecule has 1 N–H and O–H groups in total. The summed E-state index contributed by atoms with van der Waals surface area (Å²) in [6.07, 6.45) is 2.82. The molecule has 0 saturated carbocycles. The van der Waals surface area contributed by atoms with Crippen LogP contribution in [0.2, 0.25) is 0 Å². The van der Waals surface area contributed by atoms with Crippen LogP contribution in [0.5, 0.6) is 0 Å². The van der Waals surface area contributed by atoms with Crippen LogP contribution in [0.25, 0.3) is 0 Å². The van der Waals surface area contributed by atoms with Crippen molar-refractivity contribution in [1.82, 2.24) is 5.32 Å². The average molecular weight is 326 g/mol. The molecular weight excluding hydrogens is 306 g/mol. The Morgan fingerprint density at radius 1 is 1.37 bits per heavy atom. The van der Waals surface area contributed by atoms with Gasteiger partial charge in [0.05, 0.1) is 18.0 Å². The molecule has 1 saturated heterocycles.